The van der Waals surface area contributed by atoms with Gasteiger partial charge in [-0.1, -0.05) is 12.1 Å². The van der Waals surface area contributed by atoms with Gasteiger partial charge in [-0.3, -0.25) is 9.98 Å². The minimum Gasteiger partial charge on any atom is -0.493 e. The van der Waals surface area contributed by atoms with Gasteiger partial charge in [0.1, 0.15) is 35.6 Å². The molecular formula is C24H33N5O6. The van der Waals surface area contributed by atoms with Crippen molar-refractivity contribution in [1.82, 2.24) is 14.5 Å². The Morgan fingerprint density at radius 1 is 1.09 bits per heavy atom. The molecule has 1 aromatic heterocycles. The quantitative estimate of drug-likeness (QED) is 0.432. The van der Waals surface area contributed by atoms with Crippen LogP contribution in [0.3, 0.4) is 0 Å². The Balaban J connectivity index is 1.83. The van der Waals surface area contributed by atoms with Gasteiger partial charge in [0.15, 0.2) is 23.6 Å². The zero-order chi connectivity index (χ0) is 25.3. The SMILES string of the molecule is CCN1CN(CC)c2c(nc(/C=C/c3ccc(OC)c(OC)c3)n2[C@@H]2O[C@H](CO)[C@@H](O)[C@H]2O)C1=N. The van der Waals surface area contributed by atoms with Crippen LogP contribution < -0.4 is 14.4 Å². The Kier molecular flexibility index (Phi) is 7.31. The van der Waals surface area contributed by atoms with Crippen molar-refractivity contribution >= 4 is 23.8 Å². The van der Waals surface area contributed by atoms with Crippen LogP contribution in [0.1, 0.15) is 37.2 Å². The van der Waals surface area contributed by atoms with Crippen LogP contribution in [0.4, 0.5) is 5.82 Å². The molecule has 2 aliphatic heterocycles. The maximum Gasteiger partial charge on any atom is 0.166 e. The Hall–Kier alpha value is -3.12. The number of amidine groups is 1. The van der Waals surface area contributed by atoms with E-state index >= 15 is 0 Å². The molecule has 0 amide bonds. The van der Waals surface area contributed by atoms with E-state index in [-0.39, 0.29) is 5.84 Å². The second kappa shape index (κ2) is 10.2. The zero-order valence-corrected chi connectivity index (χ0v) is 20.4. The van der Waals surface area contributed by atoms with Crippen molar-refractivity contribution in [2.75, 3.05) is 45.5 Å². The molecule has 1 saturated heterocycles. The summed E-state index contributed by atoms with van der Waals surface area (Å²) in [6.45, 7) is 5.31. The van der Waals surface area contributed by atoms with Crippen LogP contribution in [0.15, 0.2) is 18.2 Å². The molecule has 4 atom stereocenters. The van der Waals surface area contributed by atoms with Crippen molar-refractivity contribution in [1.29, 1.82) is 5.41 Å². The molecule has 190 valence electrons. The summed E-state index contributed by atoms with van der Waals surface area (Å²) in [5.41, 5.74) is 1.29. The average molecular weight is 488 g/mol. The highest BCUT2D eigenvalue weighted by atomic mass is 16.6. The molecule has 11 nitrogen and oxygen atoms in total. The largest absolute Gasteiger partial charge is 0.493 e. The number of aliphatic hydroxyl groups excluding tert-OH is 3. The summed E-state index contributed by atoms with van der Waals surface area (Å²) in [4.78, 5) is 8.70. The third-order valence-electron chi connectivity index (χ3n) is 6.46. The maximum atomic E-state index is 10.8. The highest BCUT2D eigenvalue weighted by Gasteiger charge is 2.46. The molecule has 11 heteroatoms. The van der Waals surface area contributed by atoms with Crippen molar-refractivity contribution in [3.8, 4) is 11.5 Å². The summed E-state index contributed by atoms with van der Waals surface area (Å²) in [5.74, 6) is 2.54. The summed E-state index contributed by atoms with van der Waals surface area (Å²) in [7, 11) is 3.14. The number of imidazole rings is 1. The van der Waals surface area contributed by atoms with Crippen molar-refractivity contribution < 1.29 is 29.5 Å². The van der Waals surface area contributed by atoms with Crippen LogP contribution in [0.5, 0.6) is 11.5 Å². The topological polar surface area (TPSA) is 137 Å². The van der Waals surface area contributed by atoms with E-state index in [9.17, 15) is 15.3 Å². The van der Waals surface area contributed by atoms with Crippen LogP contribution in [0.2, 0.25) is 0 Å². The van der Waals surface area contributed by atoms with Crippen LogP contribution in [-0.2, 0) is 4.74 Å². The number of hydrogen-bond acceptors (Lipinski definition) is 9. The second-order valence-corrected chi connectivity index (χ2v) is 8.39. The summed E-state index contributed by atoms with van der Waals surface area (Å²) in [6.07, 6.45) is -0.845. The number of rotatable bonds is 8. The summed E-state index contributed by atoms with van der Waals surface area (Å²) in [6, 6.07) is 5.50. The van der Waals surface area contributed by atoms with E-state index in [1.807, 2.05) is 41.9 Å². The van der Waals surface area contributed by atoms with Crippen LogP contribution in [0, 0.1) is 5.41 Å². The molecule has 0 unspecified atom stereocenters. The fourth-order valence-electron chi connectivity index (χ4n) is 4.49. The first-order valence-electron chi connectivity index (χ1n) is 11.6. The maximum absolute atomic E-state index is 10.8. The Morgan fingerprint density at radius 3 is 2.40 bits per heavy atom. The number of hydrogen-bond donors (Lipinski definition) is 4. The van der Waals surface area contributed by atoms with Crippen LogP contribution in [0.25, 0.3) is 12.2 Å². The molecular weight excluding hydrogens is 454 g/mol. The number of nitrogens with one attached hydrogen (secondary N) is 1. The molecule has 3 heterocycles. The van der Waals surface area contributed by atoms with Gasteiger partial charge in [0.25, 0.3) is 0 Å². The zero-order valence-electron chi connectivity index (χ0n) is 20.4. The molecule has 1 aromatic carbocycles. The number of nitrogens with zero attached hydrogens (tertiary/aromatic N) is 4. The van der Waals surface area contributed by atoms with Gasteiger partial charge in [-0.2, -0.15) is 0 Å². The van der Waals surface area contributed by atoms with E-state index in [4.69, 9.17) is 24.6 Å². The fourth-order valence-corrected chi connectivity index (χ4v) is 4.49. The lowest BCUT2D eigenvalue weighted by Crippen LogP contribution is -2.47. The second-order valence-electron chi connectivity index (χ2n) is 8.39. The van der Waals surface area contributed by atoms with E-state index in [0.717, 1.165) is 5.56 Å². The van der Waals surface area contributed by atoms with Crippen LogP contribution in [-0.4, -0.2) is 94.5 Å². The molecule has 2 aliphatic rings. The third-order valence-corrected chi connectivity index (χ3v) is 6.46. The standard InChI is InChI=1S/C24H33N5O6/c1-5-27-13-28(6-2)23-19(22(27)25)26-18(29(23)24-21(32)20(31)17(12-30)35-24)10-8-14-7-9-15(33-3)16(11-14)34-4/h7-11,17,20-21,24-25,30-32H,5-6,12-13H2,1-4H3/b10-8+,25-22?/t17-,20-,21-,24-/m1/s1. The summed E-state index contributed by atoms with van der Waals surface area (Å²) < 4.78 is 18.3. The lowest BCUT2D eigenvalue weighted by Gasteiger charge is -2.38. The lowest BCUT2D eigenvalue weighted by molar-refractivity contribution is -0.0525. The van der Waals surface area contributed by atoms with E-state index in [1.54, 1.807) is 30.9 Å². The normalized spacial score (nSPS) is 24.4. The molecule has 4 rings (SSSR count). The number of fused-ring (bicyclic) bond motifs is 1. The van der Waals surface area contributed by atoms with Gasteiger partial charge in [-0.25, -0.2) is 4.98 Å². The van der Waals surface area contributed by atoms with Crippen LogP contribution >= 0.6 is 0 Å². The minimum atomic E-state index is -1.28. The molecule has 0 bridgehead atoms. The number of aliphatic hydroxyl groups is 3. The Labute approximate surface area is 204 Å². The monoisotopic (exact) mass is 487 g/mol. The smallest absolute Gasteiger partial charge is 0.166 e. The summed E-state index contributed by atoms with van der Waals surface area (Å²) in [5, 5.41) is 39.6. The number of ether oxygens (including phenoxy) is 3. The first-order chi connectivity index (χ1) is 16.9. The van der Waals surface area contributed by atoms with Crippen molar-refractivity contribution in [2.24, 2.45) is 0 Å². The lowest BCUT2D eigenvalue weighted by atomic mass is 10.1. The molecule has 0 spiro atoms. The van der Waals surface area contributed by atoms with Crippen molar-refractivity contribution in [3.63, 3.8) is 0 Å². The van der Waals surface area contributed by atoms with Gasteiger partial charge in [0.05, 0.1) is 27.5 Å². The Bertz CT molecular complexity index is 1100. The highest BCUT2D eigenvalue weighted by molar-refractivity contribution is 6.01. The van der Waals surface area contributed by atoms with Gasteiger partial charge in [0, 0.05) is 13.1 Å². The van der Waals surface area contributed by atoms with Gasteiger partial charge >= 0.3 is 0 Å². The Morgan fingerprint density at radius 2 is 1.80 bits per heavy atom. The highest BCUT2D eigenvalue weighted by Crippen LogP contribution is 2.38. The first kappa shape index (κ1) is 25.0. The average Bonchev–Trinajstić information content (AvgIpc) is 3.40. The molecule has 35 heavy (non-hydrogen) atoms. The molecule has 2 aromatic rings. The fraction of sp³-hybridized carbons (Fsp3) is 0.500. The van der Waals surface area contributed by atoms with Gasteiger partial charge in [-0.15, -0.1) is 0 Å². The first-order valence-corrected chi connectivity index (χ1v) is 11.6. The third kappa shape index (κ3) is 4.36. The number of anilines is 1. The molecule has 1 fully saturated rings. The van der Waals surface area contributed by atoms with E-state index < -0.39 is 31.1 Å². The van der Waals surface area contributed by atoms with Gasteiger partial charge in [0.2, 0.25) is 0 Å². The predicted molar refractivity (Wildman–Crippen MR) is 131 cm³/mol. The minimum absolute atomic E-state index is 0.276. The van der Waals surface area contributed by atoms with Crippen molar-refractivity contribution in [3.05, 3.63) is 35.3 Å². The van der Waals surface area contributed by atoms with Gasteiger partial charge < -0.3 is 39.3 Å². The molecule has 0 radical (unpaired) electrons. The molecule has 0 saturated carbocycles. The van der Waals surface area contributed by atoms with E-state index in [2.05, 4.69) is 0 Å². The summed E-state index contributed by atoms with van der Waals surface area (Å²) >= 11 is 0. The molecule has 4 N–H and O–H groups in total. The van der Waals surface area contributed by atoms with Crippen molar-refractivity contribution in [2.45, 2.75) is 38.4 Å². The predicted octanol–water partition coefficient (Wildman–Crippen LogP) is 1.13. The molecule has 0 aliphatic carbocycles. The number of benzene rings is 1. The number of aromatic nitrogens is 2. The van der Waals surface area contributed by atoms with Gasteiger partial charge in [-0.05, 0) is 37.6 Å². The van der Waals surface area contributed by atoms with E-state index in [1.165, 1.54) is 0 Å². The number of methoxy groups -OCH3 is 2. The van der Waals surface area contributed by atoms with E-state index in [0.29, 0.717) is 48.6 Å².